The van der Waals surface area contributed by atoms with Crippen LogP contribution in [0.15, 0.2) is 42.5 Å². The zero-order valence-electron chi connectivity index (χ0n) is 9.27. The first-order chi connectivity index (χ1) is 8.09. The summed E-state index contributed by atoms with van der Waals surface area (Å²) in [4.78, 5) is 12.2. The van der Waals surface area contributed by atoms with Crippen molar-refractivity contribution in [2.75, 3.05) is 0 Å². The molecule has 0 aliphatic rings. The van der Waals surface area contributed by atoms with E-state index in [9.17, 15) is 9.90 Å². The molecule has 0 aromatic heterocycles. The molecule has 2 nitrogen and oxygen atoms in total. The summed E-state index contributed by atoms with van der Waals surface area (Å²) < 4.78 is 0. The largest absolute Gasteiger partial charge is 0.506 e. The number of rotatable bonds is 2. The molecule has 0 heterocycles. The predicted molar refractivity (Wildman–Crippen MR) is 67.7 cm³/mol. The summed E-state index contributed by atoms with van der Waals surface area (Å²) in [7, 11) is 0. The minimum absolute atomic E-state index is 0.0204. The van der Waals surface area contributed by atoms with Crippen molar-refractivity contribution in [1.82, 2.24) is 0 Å². The smallest absolute Gasteiger partial charge is 0.193 e. The van der Waals surface area contributed by atoms with Crippen molar-refractivity contribution in [2.24, 2.45) is 0 Å². The Bertz CT molecular complexity index is 576. The molecule has 3 heteroatoms. The van der Waals surface area contributed by atoms with Crippen molar-refractivity contribution in [3.05, 3.63) is 64.2 Å². The van der Waals surface area contributed by atoms with Gasteiger partial charge in [-0.3, -0.25) is 4.79 Å². The zero-order chi connectivity index (χ0) is 12.4. The number of aryl methyl sites for hydroxylation is 1. The SMILES string of the molecule is Cc1ccccc1C(=O)c1ccc(O)c(Cl)c1. The van der Waals surface area contributed by atoms with Crippen LogP contribution in [0.3, 0.4) is 0 Å². The molecule has 0 bridgehead atoms. The number of ketones is 1. The van der Waals surface area contributed by atoms with Crippen LogP contribution in [-0.2, 0) is 0 Å². The number of benzene rings is 2. The minimum Gasteiger partial charge on any atom is -0.506 e. The lowest BCUT2D eigenvalue weighted by molar-refractivity contribution is 0.103. The van der Waals surface area contributed by atoms with Crippen molar-refractivity contribution in [2.45, 2.75) is 6.92 Å². The van der Waals surface area contributed by atoms with Crippen LogP contribution in [0.2, 0.25) is 5.02 Å². The van der Waals surface area contributed by atoms with Gasteiger partial charge < -0.3 is 5.11 Å². The van der Waals surface area contributed by atoms with Crippen LogP contribution < -0.4 is 0 Å². The highest BCUT2D eigenvalue weighted by molar-refractivity contribution is 6.32. The second-order valence-corrected chi connectivity index (χ2v) is 4.22. The molecule has 2 aromatic carbocycles. The Morgan fingerprint density at radius 3 is 2.53 bits per heavy atom. The number of phenols is 1. The summed E-state index contributed by atoms with van der Waals surface area (Å²) in [5.41, 5.74) is 2.04. The van der Waals surface area contributed by atoms with Crippen molar-refractivity contribution < 1.29 is 9.90 Å². The summed E-state index contributed by atoms with van der Waals surface area (Å²) >= 11 is 5.78. The molecule has 2 rings (SSSR count). The summed E-state index contributed by atoms with van der Waals surface area (Å²) in [6.45, 7) is 1.88. The summed E-state index contributed by atoms with van der Waals surface area (Å²) in [6, 6.07) is 11.8. The fraction of sp³-hybridized carbons (Fsp3) is 0.0714. The lowest BCUT2D eigenvalue weighted by Crippen LogP contribution is -2.03. The molecular formula is C14H11ClO2. The molecule has 0 spiro atoms. The molecular weight excluding hydrogens is 236 g/mol. The number of halogens is 1. The van der Waals surface area contributed by atoms with E-state index in [1.54, 1.807) is 12.1 Å². The predicted octanol–water partition coefficient (Wildman–Crippen LogP) is 3.59. The van der Waals surface area contributed by atoms with Crippen LogP contribution >= 0.6 is 11.6 Å². The molecule has 1 N–H and O–H groups in total. The van der Waals surface area contributed by atoms with Crippen molar-refractivity contribution >= 4 is 17.4 Å². The van der Waals surface area contributed by atoms with Crippen LogP contribution in [-0.4, -0.2) is 10.9 Å². The van der Waals surface area contributed by atoms with E-state index in [-0.39, 0.29) is 16.6 Å². The van der Waals surface area contributed by atoms with Gasteiger partial charge >= 0.3 is 0 Å². The third-order valence-electron chi connectivity index (χ3n) is 2.60. The third kappa shape index (κ3) is 2.32. The van der Waals surface area contributed by atoms with Crippen molar-refractivity contribution in [3.8, 4) is 5.75 Å². The molecule has 0 aliphatic heterocycles. The number of aromatic hydroxyl groups is 1. The Morgan fingerprint density at radius 1 is 1.18 bits per heavy atom. The second-order valence-electron chi connectivity index (χ2n) is 3.81. The standard InChI is InChI=1S/C14H11ClO2/c1-9-4-2-3-5-11(9)14(17)10-6-7-13(16)12(15)8-10/h2-8,16H,1H3. The van der Waals surface area contributed by atoms with E-state index in [4.69, 9.17) is 11.6 Å². The van der Waals surface area contributed by atoms with Gasteiger partial charge in [0.2, 0.25) is 0 Å². The summed E-state index contributed by atoms with van der Waals surface area (Å²) in [5.74, 6) is -0.113. The molecule has 0 fully saturated rings. The van der Waals surface area contributed by atoms with Gasteiger partial charge in [-0.25, -0.2) is 0 Å². The Hall–Kier alpha value is -1.80. The van der Waals surface area contributed by atoms with Gasteiger partial charge in [0, 0.05) is 11.1 Å². The molecule has 0 atom stereocenters. The van der Waals surface area contributed by atoms with E-state index >= 15 is 0 Å². The monoisotopic (exact) mass is 246 g/mol. The topological polar surface area (TPSA) is 37.3 Å². The molecule has 0 unspecified atom stereocenters. The maximum atomic E-state index is 12.2. The van der Waals surface area contributed by atoms with Gasteiger partial charge in [-0.15, -0.1) is 0 Å². The molecule has 0 saturated heterocycles. The Morgan fingerprint density at radius 2 is 1.88 bits per heavy atom. The van der Waals surface area contributed by atoms with E-state index in [1.807, 2.05) is 25.1 Å². The first kappa shape index (κ1) is 11.7. The van der Waals surface area contributed by atoms with E-state index < -0.39 is 0 Å². The minimum atomic E-state index is -0.0926. The van der Waals surface area contributed by atoms with E-state index in [0.29, 0.717) is 11.1 Å². The Balaban J connectivity index is 2.44. The van der Waals surface area contributed by atoms with Crippen molar-refractivity contribution in [3.63, 3.8) is 0 Å². The molecule has 17 heavy (non-hydrogen) atoms. The van der Waals surface area contributed by atoms with Crippen LogP contribution in [0.4, 0.5) is 0 Å². The van der Waals surface area contributed by atoms with Gasteiger partial charge in [0.1, 0.15) is 5.75 Å². The highest BCUT2D eigenvalue weighted by atomic mass is 35.5. The van der Waals surface area contributed by atoms with Gasteiger partial charge in [0.15, 0.2) is 5.78 Å². The molecule has 2 aromatic rings. The first-order valence-electron chi connectivity index (χ1n) is 5.18. The number of hydrogen-bond donors (Lipinski definition) is 1. The van der Waals surface area contributed by atoms with E-state index in [1.165, 1.54) is 12.1 Å². The van der Waals surface area contributed by atoms with Crippen LogP contribution in [0.1, 0.15) is 21.5 Å². The molecule has 0 aliphatic carbocycles. The fourth-order valence-electron chi connectivity index (χ4n) is 1.63. The normalized spacial score (nSPS) is 10.2. The third-order valence-corrected chi connectivity index (χ3v) is 2.90. The average Bonchev–Trinajstić information content (AvgIpc) is 2.32. The summed E-state index contributed by atoms with van der Waals surface area (Å²) in [6.07, 6.45) is 0. The van der Waals surface area contributed by atoms with Crippen molar-refractivity contribution in [1.29, 1.82) is 0 Å². The van der Waals surface area contributed by atoms with Gasteiger partial charge in [0.25, 0.3) is 0 Å². The lowest BCUT2D eigenvalue weighted by atomic mass is 9.99. The quantitative estimate of drug-likeness (QED) is 0.823. The first-order valence-corrected chi connectivity index (χ1v) is 5.56. The Kier molecular flexibility index (Phi) is 3.16. The maximum absolute atomic E-state index is 12.2. The van der Waals surface area contributed by atoms with Gasteiger partial charge in [0.05, 0.1) is 5.02 Å². The van der Waals surface area contributed by atoms with Crippen LogP contribution in [0.5, 0.6) is 5.75 Å². The number of carbonyl (C=O) groups is 1. The fourth-order valence-corrected chi connectivity index (χ4v) is 1.81. The van der Waals surface area contributed by atoms with E-state index in [2.05, 4.69) is 0 Å². The van der Waals surface area contributed by atoms with E-state index in [0.717, 1.165) is 5.56 Å². The maximum Gasteiger partial charge on any atom is 0.193 e. The lowest BCUT2D eigenvalue weighted by Gasteiger charge is -2.05. The molecule has 86 valence electrons. The summed E-state index contributed by atoms with van der Waals surface area (Å²) in [5, 5.41) is 9.49. The van der Waals surface area contributed by atoms with Gasteiger partial charge in [-0.2, -0.15) is 0 Å². The van der Waals surface area contributed by atoms with Crippen LogP contribution in [0, 0.1) is 6.92 Å². The van der Waals surface area contributed by atoms with Gasteiger partial charge in [-0.1, -0.05) is 35.9 Å². The Labute approximate surface area is 104 Å². The number of hydrogen-bond acceptors (Lipinski definition) is 2. The molecule has 0 radical (unpaired) electrons. The molecule has 0 amide bonds. The highest BCUT2D eigenvalue weighted by Crippen LogP contribution is 2.25. The number of carbonyl (C=O) groups excluding carboxylic acids is 1. The second kappa shape index (κ2) is 4.60. The number of phenolic OH excluding ortho intramolecular Hbond substituents is 1. The zero-order valence-corrected chi connectivity index (χ0v) is 10.0. The highest BCUT2D eigenvalue weighted by Gasteiger charge is 2.12. The van der Waals surface area contributed by atoms with Gasteiger partial charge in [-0.05, 0) is 30.7 Å². The van der Waals surface area contributed by atoms with Crippen LogP contribution in [0.25, 0.3) is 0 Å². The molecule has 0 saturated carbocycles. The average molecular weight is 247 g/mol.